The van der Waals surface area contributed by atoms with E-state index in [0.29, 0.717) is 10.3 Å². The van der Waals surface area contributed by atoms with Gasteiger partial charge in [-0.05, 0) is 24.3 Å². The van der Waals surface area contributed by atoms with E-state index in [4.69, 9.17) is 5.11 Å². The van der Waals surface area contributed by atoms with Crippen molar-refractivity contribution in [3.8, 4) is 5.75 Å². The molecule has 4 nitrogen and oxygen atoms in total. The van der Waals surface area contributed by atoms with Crippen LogP contribution < -0.4 is 0 Å². The van der Waals surface area contributed by atoms with E-state index in [1.165, 1.54) is 17.4 Å². The number of hydrogen-bond donors (Lipinski definition) is 2. The zero-order valence-electron chi connectivity index (χ0n) is 8.58. The topological polar surface area (TPSA) is 74.6 Å². The third-order valence-corrected chi connectivity index (χ3v) is 3.32. The lowest BCUT2D eigenvalue weighted by Gasteiger charge is -1.89. The number of aromatic hydroxyl groups is 1. The van der Waals surface area contributed by atoms with Gasteiger partial charge in [-0.3, -0.25) is 4.79 Å². The molecular weight excluding hydrogens is 240 g/mol. The lowest BCUT2D eigenvalue weighted by molar-refractivity contribution is -0.146. The van der Waals surface area contributed by atoms with Gasteiger partial charge in [0.1, 0.15) is 5.75 Å². The normalized spacial score (nSPS) is 11.1. The number of thiophene rings is 1. The molecule has 0 saturated heterocycles. The summed E-state index contributed by atoms with van der Waals surface area (Å²) in [7, 11) is 0. The predicted octanol–water partition coefficient (Wildman–Crippen LogP) is 2.27. The number of carboxylic acids is 1. The van der Waals surface area contributed by atoms with E-state index < -0.39 is 11.8 Å². The first-order valence-corrected chi connectivity index (χ1v) is 5.57. The maximum Gasteiger partial charge on any atom is 0.376 e. The van der Waals surface area contributed by atoms with Crippen molar-refractivity contribution in [3.63, 3.8) is 0 Å². The van der Waals surface area contributed by atoms with Gasteiger partial charge in [0.05, 0.1) is 4.88 Å². The zero-order valence-corrected chi connectivity index (χ0v) is 9.40. The lowest BCUT2D eigenvalue weighted by Crippen LogP contribution is -2.08. The second kappa shape index (κ2) is 4.39. The van der Waals surface area contributed by atoms with Crippen molar-refractivity contribution in [2.75, 3.05) is 0 Å². The standard InChI is InChI=1S/C12H8O4S/c13-8(12(15)16)5-6-10-11(14)7-3-1-2-4-9(7)17-10/h1-6,14H,(H,15,16)/b6-5+. The van der Waals surface area contributed by atoms with E-state index in [1.54, 1.807) is 12.1 Å². The monoisotopic (exact) mass is 248 g/mol. The van der Waals surface area contributed by atoms with E-state index in [1.807, 2.05) is 12.1 Å². The first-order valence-electron chi connectivity index (χ1n) is 4.75. The molecule has 0 atom stereocenters. The van der Waals surface area contributed by atoms with Crippen molar-refractivity contribution >= 4 is 39.3 Å². The summed E-state index contributed by atoms with van der Waals surface area (Å²) in [5.74, 6) is -2.45. The number of carboxylic acid groups (broad SMARTS) is 1. The Balaban J connectivity index is 2.40. The molecule has 2 aromatic rings. The smallest absolute Gasteiger partial charge is 0.376 e. The number of fused-ring (bicyclic) bond motifs is 1. The third-order valence-electron chi connectivity index (χ3n) is 2.19. The van der Waals surface area contributed by atoms with Crippen LogP contribution in [0.4, 0.5) is 0 Å². The average molecular weight is 248 g/mol. The fourth-order valence-electron chi connectivity index (χ4n) is 1.39. The van der Waals surface area contributed by atoms with Gasteiger partial charge in [-0.25, -0.2) is 4.79 Å². The highest BCUT2D eigenvalue weighted by Gasteiger charge is 2.10. The van der Waals surface area contributed by atoms with E-state index in [2.05, 4.69) is 0 Å². The first-order chi connectivity index (χ1) is 8.09. The Labute approximate surface area is 100 Å². The maximum absolute atomic E-state index is 10.9. The summed E-state index contributed by atoms with van der Waals surface area (Å²) in [6.07, 6.45) is 2.25. The molecule has 0 unspecified atom stereocenters. The van der Waals surface area contributed by atoms with Gasteiger partial charge >= 0.3 is 5.97 Å². The summed E-state index contributed by atoms with van der Waals surface area (Å²) in [5, 5.41) is 18.9. The van der Waals surface area contributed by atoms with Crippen LogP contribution in [0.2, 0.25) is 0 Å². The van der Waals surface area contributed by atoms with Gasteiger partial charge in [-0.2, -0.15) is 0 Å². The summed E-state index contributed by atoms with van der Waals surface area (Å²) in [6, 6.07) is 7.24. The van der Waals surface area contributed by atoms with Crippen LogP contribution in [0.1, 0.15) is 4.88 Å². The van der Waals surface area contributed by atoms with Crippen LogP contribution in [0.3, 0.4) is 0 Å². The summed E-state index contributed by atoms with van der Waals surface area (Å²) < 4.78 is 0.882. The maximum atomic E-state index is 10.9. The van der Waals surface area contributed by atoms with Gasteiger partial charge in [0, 0.05) is 10.1 Å². The molecule has 0 fully saturated rings. The van der Waals surface area contributed by atoms with E-state index in [0.717, 1.165) is 10.8 Å². The lowest BCUT2D eigenvalue weighted by atomic mass is 10.2. The number of benzene rings is 1. The molecule has 0 aliphatic carbocycles. The number of ketones is 1. The molecule has 1 aromatic carbocycles. The van der Waals surface area contributed by atoms with Crippen molar-refractivity contribution < 1.29 is 19.8 Å². The Morgan fingerprint density at radius 1 is 1.24 bits per heavy atom. The molecule has 1 heterocycles. The van der Waals surface area contributed by atoms with Crippen LogP contribution in [0.5, 0.6) is 5.75 Å². The Bertz CT molecular complexity index is 624. The van der Waals surface area contributed by atoms with Crippen molar-refractivity contribution in [1.82, 2.24) is 0 Å². The Kier molecular flexibility index (Phi) is 2.93. The fourth-order valence-corrected chi connectivity index (χ4v) is 2.39. The number of carbonyl (C=O) groups excluding carboxylic acids is 1. The molecule has 86 valence electrons. The van der Waals surface area contributed by atoms with Crippen LogP contribution in [0.15, 0.2) is 30.3 Å². The molecule has 0 aliphatic rings. The minimum Gasteiger partial charge on any atom is -0.506 e. The molecule has 0 radical (unpaired) electrons. The van der Waals surface area contributed by atoms with Crippen LogP contribution in [-0.4, -0.2) is 22.0 Å². The molecule has 0 saturated carbocycles. The van der Waals surface area contributed by atoms with Crippen LogP contribution in [0.25, 0.3) is 16.2 Å². The van der Waals surface area contributed by atoms with E-state index >= 15 is 0 Å². The molecule has 17 heavy (non-hydrogen) atoms. The number of carbonyl (C=O) groups is 2. The van der Waals surface area contributed by atoms with Crippen LogP contribution in [0, 0.1) is 0 Å². The number of aliphatic carboxylic acids is 1. The van der Waals surface area contributed by atoms with Crippen molar-refractivity contribution in [1.29, 1.82) is 0 Å². The molecule has 0 bridgehead atoms. The third kappa shape index (κ3) is 2.19. The Morgan fingerprint density at radius 3 is 2.59 bits per heavy atom. The minimum absolute atomic E-state index is 0.0695. The second-order valence-corrected chi connectivity index (χ2v) is 4.40. The molecule has 5 heteroatoms. The minimum atomic E-state index is -1.51. The highest BCUT2D eigenvalue weighted by molar-refractivity contribution is 7.20. The highest BCUT2D eigenvalue weighted by atomic mass is 32.1. The molecule has 0 amide bonds. The average Bonchev–Trinajstić information content (AvgIpc) is 2.64. The largest absolute Gasteiger partial charge is 0.506 e. The van der Waals surface area contributed by atoms with Gasteiger partial charge in [0.2, 0.25) is 0 Å². The fraction of sp³-hybridized carbons (Fsp3) is 0. The van der Waals surface area contributed by atoms with Gasteiger partial charge in [-0.15, -0.1) is 11.3 Å². The van der Waals surface area contributed by atoms with Gasteiger partial charge in [-0.1, -0.05) is 12.1 Å². The number of hydrogen-bond acceptors (Lipinski definition) is 4. The Hall–Kier alpha value is -2.14. The van der Waals surface area contributed by atoms with Crippen molar-refractivity contribution in [2.45, 2.75) is 0 Å². The summed E-state index contributed by atoms with van der Waals surface area (Å²) in [6.45, 7) is 0. The molecule has 2 N–H and O–H groups in total. The molecule has 2 rings (SSSR count). The van der Waals surface area contributed by atoms with Crippen molar-refractivity contribution in [2.24, 2.45) is 0 Å². The first kappa shape index (κ1) is 11.3. The van der Waals surface area contributed by atoms with Crippen molar-refractivity contribution in [3.05, 3.63) is 35.2 Å². The molecule has 1 aromatic heterocycles. The molecule has 0 spiro atoms. The summed E-state index contributed by atoms with van der Waals surface area (Å²) in [4.78, 5) is 21.7. The Morgan fingerprint density at radius 2 is 1.94 bits per heavy atom. The SMILES string of the molecule is O=C(O)C(=O)/C=C/c1sc2ccccc2c1O. The van der Waals surface area contributed by atoms with Gasteiger partial charge in [0.25, 0.3) is 5.78 Å². The number of rotatable bonds is 3. The van der Waals surface area contributed by atoms with Gasteiger partial charge in [0.15, 0.2) is 0 Å². The molecule has 0 aliphatic heterocycles. The summed E-state index contributed by atoms with van der Waals surface area (Å²) in [5.41, 5.74) is 0. The summed E-state index contributed by atoms with van der Waals surface area (Å²) >= 11 is 1.30. The quantitative estimate of drug-likeness (QED) is 0.645. The van der Waals surface area contributed by atoms with Crippen LogP contribution in [-0.2, 0) is 9.59 Å². The van der Waals surface area contributed by atoms with E-state index in [9.17, 15) is 14.7 Å². The van der Waals surface area contributed by atoms with E-state index in [-0.39, 0.29) is 5.75 Å². The second-order valence-electron chi connectivity index (χ2n) is 3.31. The van der Waals surface area contributed by atoms with Crippen LogP contribution >= 0.6 is 11.3 Å². The predicted molar refractivity (Wildman–Crippen MR) is 65.2 cm³/mol. The van der Waals surface area contributed by atoms with Gasteiger partial charge < -0.3 is 10.2 Å². The zero-order chi connectivity index (χ0) is 12.4. The highest BCUT2D eigenvalue weighted by Crippen LogP contribution is 2.37. The molecular formula is C12H8O4S.